The molecule has 2 aliphatic rings. The third-order valence-corrected chi connectivity index (χ3v) is 5.51. The molecule has 0 spiro atoms. The fourth-order valence-electron chi connectivity index (χ4n) is 3.52. The minimum absolute atomic E-state index is 0.0127. The molecule has 5 amide bonds. The molecule has 1 aliphatic carbocycles. The predicted molar refractivity (Wildman–Crippen MR) is 118 cm³/mol. The number of urea groups is 1. The van der Waals surface area contributed by atoms with Gasteiger partial charge in [0.05, 0.1) is 24.8 Å². The number of nitrogens with one attached hydrogen (secondary N) is 2. The molecule has 0 radical (unpaired) electrons. The molecular formula is C24H23N3O7. The smallest absolute Gasteiger partial charge is 0.342 e. The Kier molecular flexibility index (Phi) is 6.31. The van der Waals surface area contributed by atoms with Crippen LogP contribution in [-0.2, 0) is 16.1 Å². The first-order chi connectivity index (χ1) is 16.3. The first-order valence-corrected chi connectivity index (χ1v) is 10.7. The summed E-state index contributed by atoms with van der Waals surface area (Å²) in [5, 5.41) is 4.74. The van der Waals surface area contributed by atoms with Gasteiger partial charge >= 0.3 is 12.0 Å². The van der Waals surface area contributed by atoms with Gasteiger partial charge in [0.25, 0.3) is 17.7 Å². The number of carbonyl (C=O) groups is 5. The van der Waals surface area contributed by atoms with E-state index >= 15 is 0 Å². The zero-order chi connectivity index (χ0) is 24.4. The summed E-state index contributed by atoms with van der Waals surface area (Å²) >= 11 is 0. The van der Waals surface area contributed by atoms with Crippen molar-refractivity contribution < 1.29 is 33.4 Å². The molecular weight excluding hydrogens is 442 g/mol. The van der Waals surface area contributed by atoms with E-state index in [1.807, 2.05) is 0 Å². The number of ether oxygens (including phenoxy) is 2. The van der Waals surface area contributed by atoms with E-state index in [1.54, 1.807) is 30.3 Å². The average Bonchev–Trinajstić information content (AvgIpc) is 3.61. The van der Waals surface area contributed by atoms with Crippen LogP contribution in [0.5, 0.6) is 5.75 Å². The van der Waals surface area contributed by atoms with Crippen molar-refractivity contribution in [2.24, 2.45) is 0 Å². The zero-order valence-corrected chi connectivity index (χ0v) is 18.6. The Bertz CT molecular complexity index is 1150. The Labute approximate surface area is 195 Å². The molecule has 10 heteroatoms. The third-order valence-electron chi connectivity index (χ3n) is 5.51. The number of amides is 5. The van der Waals surface area contributed by atoms with Crippen molar-refractivity contribution in [2.45, 2.75) is 38.5 Å². The van der Waals surface area contributed by atoms with Crippen LogP contribution >= 0.6 is 0 Å². The molecule has 4 rings (SSSR count). The lowest BCUT2D eigenvalue weighted by atomic mass is 10.1. The fourth-order valence-corrected chi connectivity index (χ4v) is 3.52. The molecule has 1 fully saturated rings. The molecule has 0 aromatic heterocycles. The summed E-state index contributed by atoms with van der Waals surface area (Å²) in [6.07, 6.45) is 0.480. The topological polar surface area (TPSA) is 131 Å². The molecule has 1 atom stereocenters. The van der Waals surface area contributed by atoms with Gasteiger partial charge in [-0.1, -0.05) is 18.2 Å². The molecule has 34 heavy (non-hydrogen) atoms. The van der Waals surface area contributed by atoms with Crippen molar-refractivity contribution in [1.29, 1.82) is 0 Å². The molecule has 1 heterocycles. The Morgan fingerprint density at radius 3 is 2.29 bits per heavy atom. The van der Waals surface area contributed by atoms with Gasteiger partial charge in [-0.25, -0.2) is 9.59 Å². The van der Waals surface area contributed by atoms with Gasteiger partial charge in [0.2, 0.25) is 0 Å². The van der Waals surface area contributed by atoms with Crippen molar-refractivity contribution in [1.82, 2.24) is 15.5 Å². The standard InChI is InChI=1S/C24H23N3O7/c1-13(20(28)26-24(32)25-15-8-9-15)34-23(31)18-11-14(7-10-19(18)33-2)12-27-21(29)16-5-3-4-6-17(16)22(27)30/h3-7,10-11,13,15H,8-9,12H2,1-2H3,(H2,25,26,28,32). The van der Waals surface area contributed by atoms with Crippen LogP contribution in [-0.4, -0.2) is 53.9 Å². The molecule has 10 nitrogen and oxygen atoms in total. The molecule has 2 N–H and O–H groups in total. The quantitative estimate of drug-likeness (QED) is 0.472. The summed E-state index contributed by atoms with van der Waals surface area (Å²) in [6, 6.07) is 10.5. The number of fused-ring (bicyclic) bond motifs is 1. The first-order valence-electron chi connectivity index (χ1n) is 10.7. The molecule has 176 valence electrons. The van der Waals surface area contributed by atoms with E-state index in [1.165, 1.54) is 26.2 Å². The summed E-state index contributed by atoms with van der Waals surface area (Å²) in [6.45, 7) is 1.28. The highest BCUT2D eigenvalue weighted by molar-refractivity contribution is 6.21. The maximum atomic E-state index is 12.8. The first kappa shape index (κ1) is 23.0. The molecule has 1 unspecified atom stereocenters. The monoisotopic (exact) mass is 465 g/mol. The Hall–Kier alpha value is -4.21. The average molecular weight is 465 g/mol. The van der Waals surface area contributed by atoms with Gasteiger partial charge in [0, 0.05) is 6.04 Å². The number of benzene rings is 2. The predicted octanol–water partition coefficient (Wildman–Crippen LogP) is 2.02. The molecule has 0 bridgehead atoms. The number of methoxy groups -OCH3 is 1. The summed E-state index contributed by atoms with van der Waals surface area (Å²) < 4.78 is 10.5. The highest BCUT2D eigenvalue weighted by Gasteiger charge is 2.35. The minimum atomic E-state index is -1.25. The maximum absolute atomic E-state index is 12.8. The van der Waals surface area contributed by atoms with Crippen molar-refractivity contribution in [3.8, 4) is 5.75 Å². The van der Waals surface area contributed by atoms with Crippen molar-refractivity contribution in [2.75, 3.05) is 7.11 Å². The molecule has 1 aliphatic heterocycles. The van der Waals surface area contributed by atoms with E-state index in [9.17, 15) is 24.0 Å². The van der Waals surface area contributed by atoms with Crippen LogP contribution in [0.3, 0.4) is 0 Å². The van der Waals surface area contributed by atoms with Gasteiger partial charge in [0.1, 0.15) is 11.3 Å². The zero-order valence-electron chi connectivity index (χ0n) is 18.6. The summed E-state index contributed by atoms with van der Waals surface area (Å²) in [5.41, 5.74) is 1.15. The van der Waals surface area contributed by atoms with Crippen LogP contribution in [0.15, 0.2) is 42.5 Å². The largest absolute Gasteiger partial charge is 0.496 e. The summed E-state index contributed by atoms with van der Waals surface area (Å²) in [7, 11) is 1.37. The number of imide groups is 2. The van der Waals surface area contributed by atoms with Crippen LogP contribution in [0.2, 0.25) is 0 Å². The van der Waals surface area contributed by atoms with E-state index in [0.29, 0.717) is 16.7 Å². The second-order valence-corrected chi connectivity index (χ2v) is 8.06. The highest BCUT2D eigenvalue weighted by atomic mass is 16.5. The lowest BCUT2D eigenvalue weighted by Gasteiger charge is -2.17. The minimum Gasteiger partial charge on any atom is -0.496 e. The highest BCUT2D eigenvalue weighted by Crippen LogP contribution is 2.27. The normalized spacial score (nSPS) is 15.4. The van der Waals surface area contributed by atoms with Gasteiger partial charge in [-0.3, -0.25) is 24.6 Å². The van der Waals surface area contributed by atoms with Crippen molar-refractivity contribution in [3.63, 3.8) is 0 Å². The van der Waals surface area contributed by atoms with Crippen LogP contribution in [0, 0.1) is 0 Å². The van der Waals surface area contributed by atoms with Gasteiger partial charge in [-0.2, -0.15) is 0 Å². The van der Waals surface area contributed by atoms with Gasteiger partial charge in [-0.15, -0.1) is 0 Å². The number of hydrogen-bond donors (Lipinski definition) is 2. The number of nitrogens with zero attached hydrogens (tertiary/aromatic N) is 1. The maximum Gasteiger partial charge on any atom is 0.342 e. The van der Waals surface area contributed by atoms with Crippen LogP contribution < -0.4 is 15.4 Å². The number of esters is 1. The summed E-state index contributed by atoms with van der Waals surface area (Å²) in [4.78, 5) is 63.1. The van der Waals surface area contributed by atoms with Crippen LogP contribution in [0.25, 0.3) is 0 Å². The fraction of sp³-hybridized carbons (Fsp3) is 0.292. The second-order valence-electron chi connectivity index (χ2n) is 8.06. The Balaban J connectivity index is 1.45. The Morgan fingerprint density at radius 2 is 1.71 bits per heavy atom. The number of carbonyl (C=O) groups excluding carboxylic acids is 5. The van der Waals surface area contributed by atoms with Crippen molar-refractivity contribution >= 4 is 29.7 Å². The number of rotatable bonds is 7. The van der Waals surface area contributed by atoms with Crippen LogP contribution in [0.1, 0.15) is 56.4 Å². The van der Waals surface area contributed by atoms with E-state index in [-0.39, 0.29) is 23.9 Å². The van der Waals surface area contributed by atoms with Crippen LogP contribution in [0.4, 0.5) is 4.79 Å². The number of hydrogen-bond acceptors (Lipinski definition) is 7. The van der Waals surface area contributed by atoms with Gasteiger partial charge in [-0.05, 0) is 49.6 Å². The van der Waals surface area contributed by atoms with E-state index in [2.05, 4.69) is 10.6 Å². The van der Waals surface area contributed by atoms with Crippen molar-refractivity contribution in [3.05, 3.63) is 64.7 Å². The molecule has 0 saturated heterocycles. The Morgan fingerprint density at radius 1 is 1.06 bits per heavy atom. The molecule has 2 aromatic carbocycles. The van der Waals surface area contributed by atoms with E-state index in [4.69, 9.17) is 9.47 Å². The summed E-state index contributed by atoms with van der Waals surface area (Å²) in [5.74, 6) is -2.28. The molecule has 1 saturated carbocycles. The van der Waals surface area contributed by atoms with Gasteiger partial charge < -0.3 is 14.8 Å². The lowest BCUT2D eigenvalue weighted by molar-refractivity contribution is -0.127. The SMILES string of the molecule is COc1ccc(CN2C(=O)c3ccccc3C2=O)cc1C(=O)OC(C)C(=O)NC(=O)NC1CC1. The van der Waals surface area contributed by atoms with E-state index in [0.717, 1.165) is 17.7 Å². The van der Waals surface area contributed by atoms with E-state index < -0.39 is 35.8 Å². The lowest BCUT2D eigenvalue weighted by Crippen LogP contribution is -2.45. The second kappa shape index (κ2) is 9.34. The third kappa shape index (κ3) is 4.75. The van der Waals surface area contributed by atoms with Gasteiger partial charge in [0.15, 0.2) is 6.10 Å². The molecule has 2 aromatic rings.